The van der Waals surface area contributed by atoms with Gasteiger partial charge in [-0.2, -0.15) is 0 Å². The lowest BCUT2D eigenvalue weighted by molar-refractivity contribution is -0.105. The van der Waals surface area contributed by atoms with Crippen molar-refractivity contribution in [1.29, 1.82) is 0 Å². The number of hydrogen-bond donors (Lipinski definition) is 0. The lowest BCUT2D eigenvalue weighted by Crippen LogP contribution is -2.20. The summed E-state index contributed by atoms with van der Waals surface area (Å²) in [7, 11) is 0. The fourth-order valence-electron chi connectivity index (χ4n) is 2.82. The first-order valence-corrected chi connectivity index (χ1v) is 6.41. The number of nitrogens with zero attached hydrogens (tertiary/aromatic N) is 2. The number of aryl methyl sites for hydroxylation is 1. The van der Waals surface area contributed by atoms with Crippen molar-refractivity contribution in [2.24, 2.45) is 0 Å². The molecule has 0 amide bonds. The van der Waals surface area contributed by atoms with Crippen LogP contribution in [-0.2, 0) is 10.2 Å². The standard InChI is InChI=1S/C16H16N2O/c1-9-5-6-12-13(7-9)17-14-10(2)11(8-19)16(3,4)15(14)18-12/h5-8H,1-4H3. The molecule has 0 atom stereocenters. The highest BCUT2D eigenvalue weighted by Gasteiger charge is 2.38. The van der Waals surface area contributed by atoms with E-state index in [2.05, 4.69) is 0 Å². The molecule has 0 aliphatic heterocycles. The molecule has 3 rings (SSSR count). The molecule has 1 aliphatic carbocycles. The third-order valence-electron chi connectivity index (χ3n) is 3.96. The Labute approximate surface area is 112 Å². The first-order valence-electron chi connectivity index (χ1n) is 6.41. The van der Waals surface area contributed by atoms with Crippen molar-refractivity contribution in [3.05, 3.63) is 40.7 Å². The Kier molecular flexibility index (Phi) is 2.36. The number of rotatable bonds is 1. The van der Waals surface area contributed by atoms with Crippen molar-refractivity contribution >= 4 is 22.9 Å². The van der Waals surface area contributed by atoms with E-state index in [-0.39, 0.29) is 5.41 Å². The van der Waals surface area contributed by atoms with Crippen molar-refractivity contribution in [3.63, 3.8) is 0 Å². The molecule has 3 nitrogen and oxygen atoms in total. The predicted octanol–water partition coefficient (Wildman–Crippen LogP) is 3.20. The Hall–Kier alpha value is -2.03. The van der Waals surface area contributed by atoms with Crippen LogP contribution in [0.4, 0.5) is 0 Å². The van der Waals surface area contributed by atoms with Gasteiger partial charge in [0.1, 0.15) is 6.29 Å². The summed E-state index contributed by atoms with van der Waals surface area (Å²) in [5.41, 5.74) is 6.09. The van der Waals surface area contributed by atoms with Gasteiger partial charge in [-0.25, -0.2) is 9.97 Å². The number of aldehydes is 1. The topological polar surface area (TPSA) is 42.9 Å². The number of carbonyl (C=O) groups is 1. The van der Waals surface area contributed by atoms with Crippen molar-refractivity contribution < 1.29 is 4.79 Å². The Morgan fingerprint density at radius 1 is 1.11 bits per heavy atom. The van der Waals surface area contributed by atoms with Gasteiger partial charge in [-0.1, -0.05) is 6.07 Å². The van der Waals surface area contributed by atoms with E-state index in [1.54, 1.807) is 0 Å². The zero-order valence-corrected chi connectivity index (χ0v) is 11.6. The summed E-state index contributed by atoms with van der Waals surface area (Å²) >= 11 is 0. The second-order valence-electron chi connectivity index (χ2n) is 5.69. The smallest absolute Gasteiger partial charge is 0.147 e. The number of carbonyl (C=O) groups excluding carboxylic acids is 1. The van der Waals surface area contributed by atoms with Crippen LogP contribution in [0.5, 0.6) is 0 Å². The van der Waals surface area contributed by atoms with Crippen LogP contribution in [0.25, 0.3) is 16.6 Å². The molecule has 1 aliphatic rings. The quantitative estimate of drug-likeness (QED) is 0.732. The molecule has 0 fully saturated rings. The van der Waals surface area contributed by atoms with Gasteiger partial charge in [0.05, 0.1) is 22.4 Å². The maximum Gasteiger partial charge on any atom is 0.147 e. The highest BCUT2D eigenvalue weighted by molar-refractivity contribution is 5.95. The van der Waals surface area contributed by atoms with Gasteiger partial charge in [-0.15, -0.1) is 0 Å². The highest BCUT2D eigenvalue weighted by Crippen LogP contribution is 2.43. The molecule has 0 unspecified atom stereocenters. The van der Waals surface area contributed by atoms with E-state index in [0.717, 1.165) is 45.4 Å². The molecule has 0 spiro atoms. The average Bonchev–Trinajstić information content (AvgIpc) is 2.54. The summed E-state index contributed by atoms with van der Waals surface area (Å²) in [6.45, 7) is 8.05. The molecule has 1 heterocycles. The first kappa shape index (κ1) is 12.0. The molecule has 1 aromatic carbocycles. The average molecular weight is 252 g/mol. The van der Waals surface area contributed by atoms with Crippen molar-refractivity contribution in [2.45, 2.75) is 33.1 Å². The van der Waals surface area contributed by atoms with E-state index in [0.29, 0.717) is 0 Å². The van der Waals surface area contributed by atoms with E-state index in [9.17, 15) is 4.79 Å². The van der Waals surface area contributed by atoms with Gasteiger partial charge in [-0.05, 0) is 51.0 Å². The monoisotopic (exact) mass is 252 g/mol. The summed E-state index contributed by atoms with van der Waals surface area (Å²) in [4.78, 5) is 20.8. The highest BCUT2D eigenvalue weighted by atomic mass is 16.1. The Balaban J connectivity index is 2.38. The van der Waals surface area contributed by atoms with Gasteiger partial charge < -0.3 is 0 Å². The van der Waals surface area contributed by atoms with E-state index >= 15 is 0 Å². The molecule has 3 heteroatoms. The van der Waals surface area contributed by atoms with E-state index in [4.69, 9.17) is 9.97 Å². The Morgan fingerprint density at radius 2 is 1.84 bits per heavy atom. The third kappa shape index (κ3) is 1.54. The minimum Gasteiger partial charge on any atom is -0.298 e. The van der Waals surface area contributed by atoms with Crippen molar-refractivity contribution in [2.75, 3.05) is 0 Å². The molecular formula is C16H16N2O. The molecule has 0 radical (unpaired) electrons. The van der Waals surface area contributed by atoms with E-state index in [1.807, 2.05) is 45.9 Å². The molecule has 2 aromatic rings. The predicted molar refractivity (Wildman–Crippen MR) is 76.0 cm³/mol. The van der Waals surface area contributed by atoms with Crippen molar-refractivity contribution in [3.8, 4) is 0 Å². The number of allylic oxidation sites excluding steroid dienone is 2. The van der Waals surface area contributed by atoms with Crippen LogP contribution in [0.1, 0.15) is 37.7 Å². The molecule has 19 heavy (non-hydrogen) atoms. The summed E-state index contributed by atoms with van der Waals surface area (Å²) in [5, 5.41) is 0. The van der Waals surface area contributed by atoms with Crippen LogP contribution in [0.2, 0.25) is 0 Å². The van der Waals surface area contributed by atoms with Crippen LogP contribution in [0.3, 0.4) is 0 Å². The summed E-state index contributed by atoms with van der Waals surface area (Å²) < 4.78 is 0. The summed E-state index contributed by atoms with van der Waals surface area (Å²) in [5.74, 6) is 0. The minimum absolute atomic E-state index is 0.354. The molecule has 0 saturated carbocycles. The van der Waals surface area contributed by atoms with Crippen LogP contribution in [-0.4, -0.2) is 16.3 Å². The zero-order valence-electron chi connectivity index (χ0n) is 11.6. The first-order chi connectivity index (χ1) is 8.95. The Morgan fingerprint density at radius 3 is 2.53 bits per heavy atom. The van der Waals surface area contributed by atoms with Gasteiger partial charge in [0.2, 0.25) is 0 Å². The van der Waals surface area contributed by atoms with Crippen molar-refractivity contribution in [1.82, 2.24) is 9.97 Å². The number of fused-ring (bicyclic) bond motifs is 2. The SMILES string of the molecule is CC1=C(C=O)C(C)(C)c2nc3ccc(C)cc3nc21. The van der Waals surface area contributed by atoms with Gasteiger partial charge in [0.15, 0.2) is 0 Å². The van der Waals surface area contributed by atoms with Gasteiger partial charge in [0, 0.05) is 11.0 Å². The van der Waals surface area contributed by atoms with E-state index in [1.165, 1.54) is 0 Å². The lowest BCUT2D eigenvalue weighted by atomic mass is 9.85. The molecule has 96 valence electrons. The summed E-state index contributed by atoms with van der Waals surface area (Å²) in [6.07, 6.45) is 0.939. The molecule has 0 bridgehead atoms. The van der Waals surface area contributed by atoms with Crippen LogP contribution in [0, 0.1) is 6.92 Å². The zero-order chi connectivity index (χ0) is 13.8. The number of aromatic nitrogens is 2. The number of benzene rings is 1. The molecule has 0 N–H and O–H groups in total. The van der Waals surface area contributed by atoms with Gasteiger partial charge in [-0.3, -0.25) is 4.79 Å². The molecular weight excluding hydrogens is 236 g/mol. The largest absolute Gasteiger partial charge is 0.298 e. The maximum atomic E-state index is 11.3. The fraction of sp³-hybridized carbons (Fsp3) is 0.312. The van der Waals surface area contributed by atoms with Crippen LogP contribution >= 0.6 is 0 Å². The van der Waals surface area contributed by atoms with Crippen LogP contribution in [0.15, 0.2) is 23.8 Å². The summed E-state index contributed by atoms with van der Waals surface area (Å²) in [6, 6.07) is 6.05. The van der Waals surface area contributed by atoms with Gasteiger partial charge in [0.25, 0.3) is 0 Å². The van der Waals surface area contributed by atoms with Crippen LogP contribution < -0.4 is 0 Å². The minimum atomic E-state index is -0.354. The Bertz CT molecular complexity index is 742. The second-order valence-corrected chi connectivity index (χ2v) is 5.69. The third-order valence-corrected chi connectivity index (χ3v) is 3.96. The van der Waals surface area contributed by atoms with Gasteiger partial charge >= 0.3 is 0 Å². The molecule has 1 aromatic heterocycles. The fourth-order valence-corrected chi connectivity index (χ4v) is 2.82. The maximum absolute atomic E-state index is 11.3. The second kappa shape index (κ2) is 3.73. The lowest BCUT2D eigenvalue weighted by Gasteiger charge is -2.19. The normalized spacial score (nSPS) is 16.8. The molecule has 0 saturated heterocycles. The van der Waals surface area contributed by atoms with E-state index < -0.39 is 0 Å². The number of hydrogen-bond acceptors (Lipinski definition) is 3.